The Morgan fingerprint density at radius 1 is 0.852 bits per heavy atom. The minimum absolute atomic E-state index is 0.111. The van der Waals surface area contributed by atoms with E-state index in [1.807, 2.05) is 0 Å². The Morgan fingerprint density at radius 3 is 1.81 bits per heavy atom. The third-order valence-electron chi connectivity index (χ3n) is 3.12. The van der Waals surface area contributed by atoms with Crippen molar-refractivity contribution in [1.82, 2.24) is 0 Å². The molecule has 0 saturated carbocycles. The van der Waals surface area contributed by atoms with Gasteiger partial charge in [-0.1, -0.05) is 31.9 Å². The molecule has 0 aromatic heterocycles. The fourth-order valence-electron chi connectivity index (χ4n) is 1.96. The van der Waals surface area contributed by atoms with Crippen LogP contribution in [0, 0.1) is 0 Å². The molecule has 0 fully saturated rings. The van der Waals surface area contributed by atoms with Gasteiger partial charge in [0.1, 0.15) is 22.6 Å². The Hall–Kier alpha value is -1.32. The summed E-state index contributed by atoms with van der Waals surface area (Å²) in [6.07, 6.45) is 1.45. The number of ether oxygens (including phenoxy) is 3. The lowest BCUT2D eigenvalue weighted by molar-refractivity contribution is -0.237. The SMILES string of the molecule is CCOOC(=O)c1cc(OCCCBr)c(C(=O)OCC)cc1OCCCBr. The van der Waals surface area contributed by atoms with Crippen molar-refractivity contribution in [2.75, 3.05) is 37.1 Å². The first-order chi connectivity index (χ1) is 13.1. The normalized spacial score (nSPS) is 10.4. The number of hydrogen-bond acceptors (Lipinski definition) is 7. The highest BCUT2D eigenvalue weighted by molar-refractivity contribution is 9.09. The lowest BCUT2D eigenvalue weighted by atomic mass is 10.1. The molecule has 0 aliphatic heterocycles. The van der Waals surface area contributed by atoms with Crippen LogP contribution in [0.15, 0.2) is 12.1 Å². The van der Waals surface area contributed by atoms with Crippen LogP contribution in [0.4, 0.5) is 0 Å². The van der Waals surface area contributed by atoms with Gasteiger partial charge in [0, 0.05) is 10.7 Å². The van der Waals surface area contributed by atoms with Crippen molar-refractivity contribution in [3.63, 3.8) is 0 Å². The number of benzene rings is 1. The van der Waals surface area contributed by atoms with Gasteiger partial charge < -0.3 is 14.2 Å². The Kier molecular flexibility index (Phi) is 12.1. The van der Waals surface area contributed by atoms with Crippen LogP contribution in [0.2, 0.25) is 0 Å². The molecule has 0 saturated heterocycles. The summed E-state index contributed by atoms with van der Waals surface area (Å²) in [5, 5.41) is 1.49. The molecule has 0 atom stereocenters. The first-order valence-electron chi connectivity index (χ1n) is 8.65. The molecule has 0 radical (unpaired) electrons. The Bertz CT molecular complexity index is 608. The zero-order valence-electron chi connectivity index (χ0n) is 15.4. The van der Waals surface area contributed by atoms with E-state index in [0.29, 0.717) is 13.2 Å². The number of esters is 1. The van der Waals surface area contributed by atoms with Crippen LogP contribution in [-0.2, 0) is 14.5 Å². The van der Waals surface area contributed by atoms with Crippen molar-refractivity contribution < 1.29 is 33.6 Å². The maximum absolute atomic E-state index is 12.3. The first kappa shape index (κ1) is 23.7. The molecule has 27 heavy (non-hydrogen) atoms. The van der Waals surface area contributed by atoms with E-state index in [4.69, 9.17) is 24.0 Å². The Labute approximate surface area is 175 Å². The summed E-state index contributed by atoms with van der Waals surface area (Å²) >= 11 is 6.64. The quantitative estimate of drug-likeness (QED) is 0.128. The molecule has 0 bridgehead atoms. The lowest BCUT2D eigenvalue weighted by Gasteiger charge is -2.16. The summed E-state index contributed by atoms with van der Waals surface area (Å²) in [5.41, 5.74) is 0.299. The van der Waals surface area contributed by atoms with Crippen LogP contribution in [0.5, 0.6) is 11.5 Å². The Balaban J connectivity index is 3.27. The fourth-order valence-corrected chi connectivity index (χ4v) is 2.42. The van der Waals surface area contributed by atoms with Crippen molar-refractivity contribution in [2.45, 2.75) is 26.7 Å². The predicted molar refractivity (Wildman–Crippen MR) is 107 cm³/mol. The van der Waals surface area contributed by atoms with Crippen LogP contribution >= 0.6 is 31.9 Å². The third kappa shape index (κ3) is 8.06. The number of alkyl halides is 2. The lowest BCUT2D eigenvalue weighted by Crippen LogP contribution is -2.14. The zero-order valence-corrected chi connectivity index (χ0v) is 18.6. The smallest absolute Gasteiger partial charge is 0.376 e. The molecular weight excluding hydrogens is 488 g/mol. The van der Waals surface area contributed by atoms with Crippen LogP contribution in [0.25, 0.3) is 0 Å². The van der Waals surface area contributed by atoms with Gasteiger partial charge in [-0.15, -0.1) is 0 Å². The summed E-state index contributed by atoms with van der Waals surface area (Å²) in [6.45, 7) is 4.55. The first-order valence-corrected chi connectivity index (χ1v) is 10.9. The molecule has 152 valence electrons. The Morgan fingerprint density at radius 2 is 1.37 bits per heavy atom. The molecule has 9 heteroatoms. The number of hydrogen-bond donors (Lipinski definition) is 0. The topological polar surface area (TPSA) is 80.3 Å². The van der Waals surface area contributed by atoms with Gasteiger partial charge in [0.2, 0.25) is 0 Å². The molecule has 0 amide bonds. The molecular formula is C18H24Br2O7. The summed E-state index contributed by atoms with van der Waals surface area (Å²) in [4.78, 5) is 34.1. The number of carbonyl (C=O) groups is 2. The third-order valence-corrected chi connectivity index (χ3v) is 4.24. The fraction of sp³-hybridized carbons (Fsp3) is 0.556. The summed E-state index contributed by atoms with van der Waals surface area (Å²) in [5.74, 6) is -0.852. The van der Waals surface area contributed by atoms with Crippen molar-refractivity contribution in [2.24, 2.45) is 0 Å². The molecule has 0 N–H and O–H groups in total. The number of carbonyl (C=O) groups excluding carboxylic acids is 2. The van der Waals surface area contributed by atoms with Gasteiger partial charge >= 0.3 is 11.9 Å². The molecule has 0 spiro atoms. The average Bonchev–Trinajstić information content (AvgIpc) is 2.67. The molecule has 7 nitrogen and oxygen atoms in total. The van der Waals surface area contributed by atoms with Crippen molar-refractivity contribution in [3.8, 4) is 11.5 Å². The van der Waals surface area contributed by atoms with Gasteiger partial charge in [-0.25, -0.2) is 9.59 Å². The van der Waals surface area contributed by atoms with Crippen molar-refractivity contribution in [3.05, 3.63) is 23.3 Å². The van der Waals surface area contributed by atoms with Crippen LogP contribution in [-0.4, -0.2) is 49.0 Å². The summed E-state index contributed by atoms with van der Waals surface area (Å²) in [6, 6.07) is 2.86. The second kappa shape index (κ2) is 13.8. The highest BCUT2D eigenvalue weighted by atomic mass is 79.9. The highest BCUT2D eigenvalue weighted by Crippen LogP contribution is 2.31. The second-order valence-electron chi connectivity index (χ2n) is 5.12. The minimum atomic E-state index is -0.730. The molecule has 0 heterocycles. The van der Waals surface area contributed by atoms with E-state index < -0.39 is 11.9 Å². The molecule has 1 rings (SSSR count). The second-order valence-corrected chi connectivity index (χ2v) is 6.71. The standard InChI is InChI=1S/C18H24Br2O7/c1-3-23-17(21)13-11-16(25-10-6-8-20)14(18(22)27-26-4-2)12-15(13)24-9-5-7-19/h11-12H,3-10H2,1-2H3. The largest absolute Gasteiger partial charge is 0.493 e. The summed E-state index contributed by atoms with van der Waals surface area (Å²) in [7, 11) is 0. The van der Waals surface area contributed by atoms with E-state index in [9.17, 15) is 9.59 Å². The molecule has 0 aliphatic carbocycles. The van der Waals surface area contributed by atoms with Gasteiger partial charge in [-0.2, -0.15) is 4.89 Å². The maximum Gasteiger partial charge on any atom is 0.376 e. The molecule has 1 aromatic rings. The number of rotatable bonds is 13. The van der Waals surface area contributed by atoms with Crippen LogP contribution < -0.4 is 9.47 Å². The van der Waals surface area contributed by atoms with E-state index in [1.165, 1.54) is 12.1 Å². The minimum Gasteiger partial charge on any atom is -0.493 e. The van der Waals surface area contributed by atoms with E-state index in [-0.39, 0.29) is 35.8 Å². The van der Waals surface area contributed by atoms with E-state index in [1.54, 1.807) is 13.8 Å². The molecule has 0 aliphatic rings. The van der Waals surface area contributed by atoms with Gasteiger partial charge in [0.25, 0.3) is 0 Å². The van der Waals surface area contributed by atoms with Gasteiger partial charge in [0.05, 0.1) is 26.4 Å². The highest BCUT2D eigenvalue weighted by Gasteiger charge is 2.24. The molecule has 0 unspecified atom stereocenters. The summed E-state index contributed by atoms with van der Waals surface area (Å²) < 4.78 is 16.4. The van der Waals surface area contributed by atoms with Gasteiger partial charge in [0.15, 0.2) is 0 Å². The van der Waals surface area contributed by atoms with E-state index in [0.717, 1.165) is 23.5 Å². The van der Waals surface area contributed by atoms with Crippen LogP contribution in [0.1, 0.15) is 47.4 Å². The van der Waals surface area contributed by atoms with Crippen molar-refractivity contribution >= 4 is 43.8 Å². The van der Waals surface area contributed by atoms with Gasteiger partial charge in [-0.05, 0) is 38.8 Å². The predicted octanol–water partition coefficient (Wildman–Crippen LogP) is 4.30. The van der Waals surface area contributed by atoms with Crippen LogP contribution in [0.3, 0.4) is 0 Å². The maximum atomic E-state index is 12.3. The monoisotopic (exact) mass is 510 g/mol. The zero-order chi connectivity index (χ0) is 20.1. The van der Waals surface area contributed by atoms with Crippen molar-refractivity contribution in [1.29, 1.82) is 0 Å². The van der Waals surface area contributed by atoms with E-state index >= 15 is 0 Å². The van der Waals surface area contributed by atoms with Gasteiger partial charge in [-0.3, -0.25) is 4.89 Å². The number of halogens is 2. The molecule has 1 aromatic carbocycles. The average molecular weight is 512 g/mol. The van der Waals surface area contributed by atoms with E-state index in [2.05, 4.69) is 31.9 Å².